The van der Waals surface area contributed by atoms with E-state index >= 15 is 0 Å². The lowest BCUT2D eigenvalue weighted by Gasteiger charge is -2.04. The zero-order chi connectivity index (χ0) is 11.4. The molecule has 0 atom stereocenters. The Bertz CT molecular complexity index is 520. The smallest absolute Gasteiger partial charge is 0.124 e. The highest BCUT2D eigenvalue weighted by Gasteiger charge is 2.03. The average Bonchev–Trinajstić information content (AvgIpc) is 2.32. The first-order valence-electron chi connectivity index (χ1n) is 5.14. The first-order chi connectivity index (χ1) is 7.83. The number of hydrogen-bond donors (Lipinski definition) is 2. The van der Waals surface area contributed by atoms with E-state index in [4.69, 9.17) is 5.11 Å². The third kappa shape index (κ3) is 2.04. The van der Waals surface area contributed by atoms with Gasteiger partial charge >= 0.3 is 0 Å². The second-order valence-corrected chi connectivity index (χ2v) is 3.48. The van der Waals surface area contributed by atoms with Crippen molar-refractivity contribution in [3.05, 3.63) is 42.0 Å². The lowest BCUT2D eigenvalue weighted by molar-refractivity contribution is 0.307. The molecule has 3 nitrogen and oxygen atoms in total. The molecule has 0 aliphatic rings. The Labute approximate surface area is 93.7 Å². The van der Waals surface area contributed by atoms with Gasteiger partial charge in [0, 0.05) is 11.8 Å². The summed E-state index contributed by atoms with van der Waals surface area (Å²) in [5.74, 6) is 0.209. The van der Waals surface area contributed by atoms with Crippen LogP contribution >= 0.6 is 0 Å². The van der Waals surface area contributed by atoms with Gasteiger partial charge in [-0.1, -0.05) is 30.3 Å². The van der Waals surface area contributed by atoms with Crippen LogP contribution in [0.2, 0.25) is 0 Å². The minimum absolute atomic E-state index is 0.0159. The summed E-state index contributed by atoms with van der Waals surface area (Å²) in [5.41, 5.74) is 0.701. The number of rotatable bonds is 3. The van der Waals surface area contributed by atoms with Crippen molar-refractivity contribution in [3.8, 4) is 5.75 Å². The monoisotopic (exact) mass is 215 g/mol. The quantitative estimate of drug-likeness (QED) is 0.769. The van der Waals surface area contributed by atoms with Gasteiger partial charge in [-0.25, -0.2) is 0 Å². The average molecular weight is 215 g/mol. The van der Waals surface area contributed by atoms with Gasteiger partial charge in [-0.05, 0) is 16.8 Å². The summed E-state index contributed by atoms with van der Waals surface area (Å²) in [6.07, 6.45) is 1.61. The van der Waals surface area contributed by atoms with Crippen LogP contribution in [0.1, 0.15) is 5.56 Å². The van der Waals surface area contributed by atoms with Crippen LogP contribution in [0.15, 0.2) is 41.4 Å². The number of aliphatic imine (C=N–C) groups is 1. The fraction of sp³-hybridized carbons (Fsp3) is 0.154. The Kier molecular flexibility index (Phi) is 3.17. The molecule has 0 fully saturated rings. The Hall–Kier alpha value is -1.87. The summed E-state index contributed by atoms with van der Waals surface area (Å²) in [6, 6.07) is 11.3. The largest absolute Gasteiger partial charge is 0.507 e. The SMILES string of the molecule is OCC/N=C/c1c(O)ccc2ccccc12. The predicted octanol–water partition coefficient (Wildman–Crippen LogP) is 1.96. The van der Waals surface area contributed by atoms with E-state index in [1.165, 1.54) is 0 Å². The molecule has 2 aromatic carbocycles. The molecule has 0 amide bonds. The van der Waals surface area contributed by atoms with Crippen LogP contribution in [0.3, 0.4) is 0 Å². The third-order valence-electron chi connectivity index (χ3n) is 2.40. The summed E-state index contributed by atoms with van der Waals surface area (Å²) < 4.78 is 0. The van der Waals surface area contributed by atoms with Crippen LogP contribution in [-0.2, 0) is 0 Å². The van der Waals surface area contributed by atoms with Gasteiger partial charge in [0.2, 0.25) is 0 Å². The number of fused-ring (bicyclic) bond motifs is 1. The molecule has 0 spiro atoms. The van der Waals surface area contributed by atoms with Crippen molar-refractivity contribution >= 4 is 17.0 Å². The summed E-state index contributed by atoms with van der Waals surface area (Å²) in [7, 11) is 0. The maximum Gasteiger partial charge on any atom is 0.124 e. The van der Waals surface area contributed by atoms with Crippen molar-refractivity contribution in [3.63, 3.8) is 0 Å². The van der Waals surface area contributed by atoms with Gasteiger partial charge in [0.1, 0.15) is 5.75 Å². The van der Waals surface area contributed by atoms with Gasteiger partial charge in [-0.3, -0.25) is 4.99 Å². The van der Waals surface area contributed by atoms with Crippen molar-refractivity contribution in [2.45, 2.75) is 0 Å². The fourth-order valence-electron chi connectivity index (χ4n) is 1.63. The molecule has 0 saturated heterocycles. The number of hydrogen-bond acceptors (Lipinski definition) is 3. The van der Waals surface area contributed by atoms with Crippen molar-refractivity contribution in [2.75, 3.05) is 13.2 Å². The second-order valence-electron chi connectivity index (χ2n) is 3.48. The van der Waals surface area contributed by atoms with Crippen molar-refractivity contribution < 1.29 is 10.2 Å². The van der Waals surface area contributed by atoms with Crippen LogP contribution in [0.4, 0.5) is 0 Å². The maximum absolute atomic E-state index is 9.75. The van der Waals surface area contributed by atoms with Crippen molar-refractivity contribution in [1.82, 2.24) is 0 Å². The molecule has 0 aromatic heterocycles. The zero-order valence-electron chi connectivity index (χ0n) is 8.80. The third-order valence-corrected chi connectivity index (χ3v) is 2.40. The molecule has 0 bridgehead atoms. The number of aliphatic hydroxyl groups is 1. The summed E-state index contributed by atoms with van der Waals surface area (Å²) in [5, 5.41) is 20.4. The summed E-state index contributed by atoms with van der Waals surface area (Å²) in [6.45, 7) is 0.366. The Morgan fingerprint density at radius 3 is 2.75 bits per heavy atom. The molecule has 0 radical (unpaired) electrons. The van der Waals surface area contributed by atoms with E-state index in [0.717, 1.165) is 10.8 Å². The van der Waals surface area contributed by atoms with Crippen molar-refractivity contribution in [2.24, 2.45) is 4.99 Å². The van der Waals surface area contributed by atoms with Gasteiger partial charge in [-0.2, -0.15) is 0 Å². The number of phenols is 1. The van der Waals surface area contributed by atoms with E-state index in [2.05, 4.69) is 4.99 Å². The maximum atomic E-state index is 9.75. The fourth-order valence-corrected chi connectivity index (χ4v) is 1.63. The lowest BCUT2D eigenvalue weighted by atomic mass is 10.0. The van der Waals surface area contributed by atoms with Crippen molar-refractivity contribution in [1.29, 1.82) is 0 Å². The van der Waals surface area contributed by atoms with E-state index in [0.29, 0.717) is 12.1 Å². The molecular weight excluding hydrogens is 202 g/mol. The molecule has 0 aliphatic heterocycles. The summed E-state index contributed by atoms with van der Waals surface area (Å²) >= 11 is 0. The van der Waals surface area contributed by atoms with E-state index < -0.39 is 0 Å². The minimum Gasteiger partial charge on any atom is -0.507 e. The van der Waals surface area contributed by atoms with Crippen LogP contribution in [0.5, 0.6) is 5.75 Å². The number of nitrogens with zero attached hydrogens (tertiary/aromatic N) is 1. The molecule has 0 heterocycles. The summed E-state index contributed by atoms with van der Waals surface area (Å²) in [4.78, 5) is 4.04. The van der Waals surface area contributed by atoms with Gasteiger partial charge in [0.25, 0.3) is 0 Å². The second kappa shape index (κ2) is 4.77. The van der Waals surface area contributed by atoms with E-state index in [9.17, 15) is 5.11 Å². The highest BCUT2D eigenvalue weighted by molar-refractivity contribution is 6.02. The van der Waals surface area contributed by atoms with E-state index in [1.54, 1.807) is 12.3 Å². The van der Waals surface area contributed by atoms with Gasteiger partial charge in [0.15, 0.2) is 0 Å². The highest BCUT2D eigenvalue weighted by Crippen LogP contribution is 2.25. The minimum atomic E-state index is 0.0159. The van der Waals surface area contributed by atoms with Crippen LogP contribution < -0.4 is 0 Å². The molecule has 0 unspecified atom stereocenters. The molecule has 0 saturated carbocycles. The van der Waals surface area contributed by atoms with E-state index in [-0.39, 0.29) is 12.4 Å². The van der Waals surface area contributed by atoms with Gasteiger partial charge in [0.05, 0.1) is 13.2 Å². The Morgan fingerprint density at radius 1 is 1.12 bits per heavy atom. The van der Waals surface area contributed by atoms with Crippen LogP contribution in [0, 0.1) is 0 Å². The lowest BCUT2D eigenvalue weighted by Crippen LogP contribution is -1.91. The molecule has 2 aromatic rings. The van der Waals surface area contributed by atoms with Gasteiger partial charge in [-0.15, -0.1) is 0 Å². The first-order valence-corrected chi connectivity index (χ1v) is 5.14. The first kappa shape index (κ1) is 10.6. The number of aliphatic hydroxyl groups excluding tert-OH is 1. The molecule has 82 valence electrons. The Morgan fingerprint density at radius 2 is 1.94 bits per heavy atom. The zero-order valence-corrected chi connectivity index (χ0v) is 8.80. The highest BCUT2D eigenvalue weighted by atomic mass is 16.3. The topological polar surface area (TPSA) is 52.8 Å². The standard InChI is InChI=1S/C13H13NO2/c15-8-7-14-9-12-11-4-2-1-3-10(11)5-6-13(12)16/h1-6,9,15-16H,7-8H2/b14-9+. The number of aromatic hydroxyl groups is 1. The normalized spacial score (nSPS) is 11.3. The van der Waals surface area contributed by atoms with Crippen LogP contribution in [-0.4, -0.2) is 29.6 Å². The molecule has 3 heteroatoms. The molecule has 2 rings (SSSR count). The Balaban J connectivity index is 2.52. The molecular formula is C13H13NO2. The van der Waals surface area contributed by atoms with E-state index in [1.807, 2.05) is 30.3 Å². The van der Waals surface area contributed by atoms with Gasteiger partial charge < -0.3 is 10.2 Å². The van der Waals surface area contributed by atoms with Crippen LogP contribution in [0.25, 0.3) is 10.8 Å². The number of phenolic OH excluding ortho intramolecular Hbond substituents is 1. The number of benzene rings is 2. The molecule has 16 heavy (non-hydrogen) atoms. The predicted molar refractivity (Wildman–Crippen MR) is 65.2 cm³/mol. The molecule has 0 aliphatic carbocycles. The molecule has 2 N–H and O–H groups in total.